The molecular formula is C13H13NO5. The van der Waals surface area contributed by atoms with Gasteiger partial charge in [0.15, 0.2) is 0 Å². The molecule has 1 aromatic carbocycles. The Bertz CT molecular complexity index is 662. The molecule has 2 rings (SSSR count). The number of aromatic hydroxyl groups is 1. The maximum Gasteiger partial charge on any atom is 0.349 e. The Labute approximate surface area is 108 Å². The highest BCUT2D eigenvalue weighted by molar-refractivity contribution is 5.96. The van der Waals surface area contributed by atoms with Crippen molar-refractivity contribution in [2.45, 2.75) is 0 Å². The topological polar surface area (TPSA) is 88.8 Å². The quantitative estimate of drug-likeness (QED) is 0.631. The number of phenols is 1. The van der Waals surface area contributed by atoms with Crippen LogP contribution < -0.4 is 10.9 Å². The van der Waals surface area contributed by atoms with Gasteiger partial charge in [0.2, 0.25) is 0 Å². The predicted molar refractivity (Wildman–Crippen MR) is 68.4 cm³/mol. The summed E-state index contributed by atoms with van der Waals surface area (Å²) in [6.45, 7) is 0.668. The summed E-state index contributed by atoms with van der Waals surface area (Å²) in [7, 11) is 1.52. The lowest BCUT2D eigenvalue weighted by atomic mass is 10.1. The number of nitrogens with one attached hydrogen (secondary N) is 1. The lowest BCUT2D eigenvalue weighted by molar-refractivity contribution is 0.0933. The Kier molecular flexibility index (Phi) is 3.82. The van der Waals surface area contributed by atoms with Crippen molar-refractivity contribution in [3.8, 4) is 5.75 Å². The van der Waals surface area contributed by atoms with E-state index in [2.05, 4.69) is 5.32 Å². The van der Waals surface area contributed by atoms with Gasteiger partial charge in [-0.05, 0) is 18.2 Å². The molecule has 6 heteroatoms. The first kappa shape index (κ1) is 13.1. The van der Waals surface area contributed by atoms with Crippen molar-refractivity contribution >= 4 is 16.9 Å². The number of phenolic OH excluding ortho intramolecular Hbond substituents is 1. The van der Waals surface area contributed by atoms with E-state index in [1.807, 2.05) is 0 Å². The van der Waals surface area contributed by atoms with Gasteiger partial charge < -0.3 is 19.6 Å². The standard InChI is InChI=1S/C13H13NO5/c1-18-5-4-14-12(16)10-6-8-2-3-9(15)7-11(8)19-13(10)17/h2-3,6-7,15H,4-5H2,1H3,(H,14,16). The Balaban J connectivity index is 2.33. The number of amides is 1. The highest BCUT2D eigenvalue weighted by atomic mass is 16.5. The number of hydrogen-bond donors (Lipinski definition) is 2. The fraction of sp³-hybridized carbons (Fsp3) is 0.231. The first-order valence-electron chi connectivity index (χ1n) is 5.66. The highest BCUT2D eigenvalue weighted by Crippen LogP contribution is 2.19. The first-order chi connectivity index (χ1) is 9.11. The van der Waals surface area contributed by atoms with Crippen molar-refractivity contribution < 1.29 is 19.1 Å². The third-order valence-electron chi connectivity index (χ3n) is 2.56. The van der Waals surface area contributed by atoms with Crippen LogP contribution in [0, 0.1) is 0 Å². The number of benzene rings is 1. The molecule has 6 nitrogen and oxygen atoms in total. The molecule has 0 saturated heterocycles. The number of ether oxygens (including phenoxy) is 1. The molecular weight excluding hydrogens is 250 g/mol. The average molecular weight is 263 g/mol. The van der Waals surface area contributed by atoms with Gasteiger partial charge in [0.05, 0.1) is 6.61 Å². The van der Waals surface area contributed by atoms with Gasteiger partial charge in [-0.2, -0.15) is 0 Å². The van der Waals surface area contributed by atoms with Crippen LogP contribution in [0.4, 0.5) is 0 Å². The molecule has 0 aliphatic heterocycles. The van der Waals surface area contributed by atoms with E-state index >= 15 is 0 Å². The molecule has 0 radical (unpaired) electrons. The van der Waals surface area contributed by atoms with Gasteiger partial charge in [-0.1, -0.05) is 0 Å². The zero-order valence-electron chi connectivity index (χ0n) is 10.3. The molecule has 0 aliphatic rings. The van der Waals surface area contributed by atoms with Crippen LogP contribution in [0.15, 0.2) is 33.5 Å². The molecule has 0 spiro atoms. The average Bonchev–Trinajstić information content (AvgIpc) is 2.38. The van der Waals surface area contributed by atoms with Crippen LogP contribution in [0.3, 0.4) is 0 Å². The molecule has 0 unspecified atom stereocenters. The molecule has 1 amide bonds. The number of methoxy groups -OCH3 is 1. The van der Waals surface area contributed by atoms with Crippen molar-refractivity contribution in [1.29, 1.82) is 0 Å². The second-order valence-electron chi connectivity index (χ2n) is 3.92. The highest BCUT2D eigenvalue weighted by Gasteiger charge is 2.13. The largest absolute Gasteiger partial charge is 0.508 e. The SMILES string of the molecule is COCCNC(=O)c1cc2ccc(O)cc2oc1=O. The summed E-state index contributed by atoms with van der Waals surface area (Å²) in [4.78, 5) is 23.5. The summed E-state index contributed by atoms with van der Waals surface area (Å²) >= 11 is 0. The molecule has 0 bridgehead atoms. The van der Waals surface area contributed by atoms with Gasteiger partial charge in [0, 0.05) is 25.1 Å². The molecule has 0 saturated carbocycles. The molecule has 1 heterocycles. The summed E-state index contributed by atoms with van der Waals surface area (Å²) in [6.07, 6.45) is 0. The minimum absolute atomic E-state index is 0.00653. The first-order valence-corrected chi connectivity index (χ1v) is 5.66. The van der Waals surface area contributed by atoms with E-state index in [0.717, 1.165) is 0 Å². The van der Waals surface area contributed by atoms with Crippen molar-refractivity contribution in [3.05, 3.63) is 40.2 Å². The van der Waals surface area contributed by atoms with Crippen molar-refractivity contribution in [2.24, 2.45) is 0 Å². The minimum atomic E-state index is -0.743. The Morgan fingerprint density at radius 1 is 1.42 bits per heavy atom. The number of hydrogen-bond acceptors (Lipinski definition) is 5. The summed E-state index contributed by atoms with van der Waals surface area (Å²) in [5.41, 5.74) is -0.583. The molecule has 2 aromatic rings. The fourth-order valence-electron chi connectivity index (χ4n) is 1.62. The molecule has 1 aromatic heterocycles. The molecule has 0 aliphatic carbocycles. The van der Waals surface area contributed by atoms with E-state index in [9.17, 15) is 14.7 Å². The smallest absolute Gasteiger partial charge is 0.349 e. The maximum absolute atomic E-state index is 11.8. The fourth-order valence-corrected chi connectivity index (χ4v) is 1.62. The van der Waals surface area contributed by atoms with Crippen molar-refractivity contribution in [1.82, 2.24) is 5.32 Å². The van der Waals surface area contributed by atoms with E-state index in [1.165, 1.54) is 25.3 Å². The van der Waals surface area contributed by atoms with Crippen LogP contribution in [-0.2, 0) is 4.74 Å². The summed E-state index contributed by atoms with van der Waals surface area (Å²) in [6, 6.07) is 5.78. The van der Waals surface area contributed by atoms with Crippen LogP contribution in [-0.4, -0.2) is 31.3 Å². The molecule has 0 fully saturated rings. The maximum atomic E-state index is 11.8. The van der Waals surface area contributed by atoms with Crippen LogP contribution in [0.2, 0.25) is 0 Å². The normalized spacial score (nSPS) is 10.6. The monoisotopic (exact) mass is 263 g/mol. The number of carbonyl (C=O) groups excluding carboxylic acids is 1. The van der Waals surface area contributed by atoms with E-state index in [0.29, 0.717) is 18.5 Å². The molecule has 100 valence electrons. The third kappa shape index (κ3) is 2.92. The van der Waals surface area contributed by atoms with Gasteiger partial charge in [-0.25, -0.2) is 4.79 Å². The van der Waals surface area contributed by atoms with Crippen LogP contribution >= 0.6 is 0 Å². The van der Waals surface area contributed by atoms with Gasteiger partial charge >= 0.3 is 5.63 Å². The summed E-state index contributed by atoms with van der Waals surface area (Å²) in [5, 5.41) is 12.4. The number of carbonyl (C=O) groups is 1. The lowest BCUT2D eigenvalue weighted by Crippen LogP contribution is -2.30. The molecule has 19 heavy (non-hydrogen) atoms. The van der Waals surface area contributed by atoms with Gasteiger partial charge in [0.1, 0.15) is 16.9 Å². The summed E-state index contributed by atoms with van der Waals surface area (Å²) < 4.78 is 9.79. The number of fused-ring (bicyclic) bond motifs is 1. The zero-order chi connectivity index (χ0) is 13.8. The van der Waals surface area contributed by atoms with E-state index in [-0.39, 0.29) is 16.9 Å². The van der Waals surface area contributed by atoms with E-state index < -0.39 is 11.5 Å². The Hall–Kier alpha value is -2.34. The Morgan fingerprint density at radius 2 is 2.21 bits per heavy atom. The van der Waals surface area contributed by atoms with Crippen molar-refractivity contribution in [2.75, 3.05) is 20.3 Å². The van der Waals surface area contributed by atoms with Gasteiger partial charge in [0.25, 0.3) is 5.91 Å². The second kappa shape index (κ2) is 5.53. The molecule has 0 atom stereocenters. The van der Waals surface area contributed by atoms with Crippen LogP contribution in [0.5, 0.6) is 5.75 Å². The van der Waals surface area contributed by atoms with Crippen molar-refractivity contribution in [3.63, 3.8) is 0 Å². The zero-order valence-corrected chi connectivity index (χ0v) is 10.3. The Morgan fingerprint density at radius 3 is 2.95 bits per heavy atom. The predicted octanol–water partition coefficient (Wildman–Crippen LogP) is 0.875. The molecule has 2 N–H and O–H groups in total. The minimum Gasteiger partial charge on any atom is -0.508 e. The third-order valence-corrected chi connectivity index (χ3v) is 2.56. The van der Waals surface area contributed by atoms with Crippen LogP contribution in [0.1, 0.15) is 10.4 Å². The number of rotatable bonds is 4. The van der Waals surface area contributed by atoms with Crippen LogP contribution in [0.25, 0.3) is 11.0 Å². The van der Waals surface area contributed by atoms with E-state index in [1.54, 1.807) is 6.07 Å². The second-order valence-corrected chi connectivity index (χ2v) is 3.92. The summed E-state index contributed by atoms with van der Waals surface area (Å²) in [5.74, 6) is -0.520. The van der Waals surface area contributed by atoms with Gasteiger partial charge in [-0.15, -0.1) is 0 Å². The van der Waals surface area contributed by atoms with Gasteiger partial charge in [-0.3, -0.25) is 4.79 Å². The lowest BCUT2D eigenvalue weighted by Gasteiger charge is -2.04. The van der Waals surface area contributed by atoms with E-state index in [4.69, 9.17) is 9.15 Å².